The van der Waals surface area contributed by atoms with Crippen molar-refractivity contribution < 1.29 is 18.0 Å². The second kappa shape index (κ2) is 7.41. The molecule has 140 valence electrons. The summed E-state index contributed by atoms with van der Waals surface area (Å²) >= 11 is 8.00. The Morgan fingerprint density at radius 1 is 1.50 bits per heavy atom. The van der Waals surface area contributed by atoms with Gasteiger partial charge in [0, 0.05) is 18.0 Å². The van der Waals surface area contributed by atoms with Crippen LogP contribution in [0.25, 0.3) is 6.08 Å². The fourth-order valence-corrected chi connectivity index (χ4v) is 6.90. The van der Waals surface area contributed by atoms with Crippen LogP contribution in [0.2, 0.25) is 0 Å². The molecule has 26 heavy (non-hydrogen) atoms. The van der Waals surface area contributed by atoms with Crippen molar-refractivity contribution >= 4 is 67.4 Å². The van der Waals surface area contributed by atoms with Gasteiger partial charge in [-0.15, -0.1) is 11.3 Å². The van der Waals surface area contributed by atoms with Gasteiger partial charge in [-0.3, -0.25) is 14.5 Å². The van der Waals surface area contributed by atoms with Gasteiger partial charge in [0.2, 0.25) is 5.91 Å². The maximum absolute atomic E-state index is 12.8. The molecule has 2 unspecified atom stereocenters. The van der Waals surface area contributed by atoms with Gasteiger partial charge in [-0.25, -0.2) is 8.42 Å². The molecule has 0 spiro atoms. The molecule has 6 nitrogen and oxygen atoms in total. The Morgan fingerprint density at radius 3 is 2.81 bits per heavy atom. The van der Waals surface area contributed by atoms with Crippen molar-refractivity contribution in [3.8, 4) is 0 Å². The number of sulfone groups is 1. The van der Waals surface area contributed by atoms with E-state index in [2.05, 4.69) is 0 Å². The second-order valence-corrected chi connectivity index (χ2v) is 11.1. The first-order valence-electron chi connectivity index (χ1n) is 7.97. The molecule has 3 rings (SSSR count). The molecule has 2 fully saturated rings. The standard InChI is InChI=1S/C16H18N2O4S4/c1-10(14(19)17(2)11-5-7-26(21,22)9-11)18-15(20)13(25-16(18)23)8-12-4-3-6-24-12/h3-4,6,8,10-11H,5,7,9H2,1-2H3/b13-8+. The summed E-state index contributed by atoms with van der Waals surface area (Å²) in [4.78, 5) is 29.7. The third kappa shape index (κ3) is 3.88. The molecule has 0 saturated carbocycles. The van der Waals surface area contributed by atoms with Crippen molar-refractivity contribution in [2.75, 3.05) is 18.6 Å². The Balaban J connectivity index is 1.74. The predicted molar refractivity (Wildman–Crippen MR) is 109 cm³/mol. The lowest BCUT2D eigenvalue weighted by molar-refractivity contribution is -0.139. The van der Waals surface area contributed by atoms with Gasteiger partial charge in [0.25, 0.3) is 5.91 Å². The highest BCUT2D eigenvalue weighted by Crippen LogP contribution is 2.35. The Morgan fingerprint density at radius 2 is 2.23 bits per heavy atom. The number of thiocarbonyl (C=S) groups is 1. The Bertz CT molecular complexity index is 876. The highest BCUT2D eigenvalue weighted by molar-refractivity contribution is 8.26. The van der Waals surface area contributed by atoms with Gasteiger partial charge in [0.1, 0.15) is 10.4 Å². The summed E-state index contributed by atoms with van der Waals surface area (Å²) in [5.74, 6) is -0.533. The fraction of sp³-hybridized carbons (Fsp3) is 0.438. The van der Waals surface area contributed by atoms with Crippen molar-refractivity contribution in [3.63, 3.8) is 0 Å². The molecule has 10 heteroatoms. The van der Waals surface area contributed by atoms with Crippen molar-refractivity contribution in [1.29, 1.82) is 0 Å². The molecule has 0 bridgehead atoms. The minimum absolute atomic E-state index is 0.0291. The number of carbonyl (C=O) groups excluding carboxylic acids is 2. The van der Waals surface area contributed by atoms with Crippen LogP contribution in [0.4, 0.5) is 0 Å². The summed E-state index contributed by atoms with van der Waals surface area (Å²) in [6.07, 6.45) is 2.20. The molecule has 0 aromatic carbocycles. The van der Waals surface area contributed by atoms with Crippen LogP contribution in [-0.4, -0.2) is 65.0 Å². The number of hydrogen-bond donors (Lipinski definition) is 0. The average molecular weight is 431 g/mol. The lowest BCUT2D eigenvalue weighted by Gasteiger charge is -2.30. The van der Waals surface area contributed by atoms with Crippen LogP contribution in [0.1, 0.15) is 18.2 Å². The summed E-state index contributed by atoms with van der Waals surface area (Å²) in [7, 11) is -1.50. The summed E-state index contributed by atoms with van der Waals surface area (Å²) in [5.41, 5.74) is 0. The third-order valence-electron chi connectivity index (χ3n) is 4.49. The Hall–Kier alpha value is -1.23. The first kappa shape index (κ1) is 19.5. The Kier molecular flexibility index (Phi) is 5.57. The minimum Gasteiger partial charge on any atom is -0.340 e. The van der Waals surface area contributed by atoms with E-state index in [4.69, 9.17) is 12.2 Å². The quantitative estimate of drug-likeness (QED) is 0.537. The molecule has 1 aromatic heterocycles. The number of nitrogens with zero attached hydrogens (tertiary/aromatic N) is 2. The number of hydrogen-bond acceptors (Lipinski definition) is 7. The van der Waals surface area contributed by atoms with E-state index in [-0.39, 0.29) is 29.4 Å². The Labute approximate surface area is 166 Å². The molecule has 0 radical (unpaired) electrons. The first-order valence-corrected chi connectivity index (χ1v) is 11.9. The first-order chi connectivity index (χ1) is 12.2. The molecular formula is C16H18N2O4S4. The van der Waals surface area contributed by atoms with Crippen molar-refractivity contribution in [3.05, 3.63) is 27.3 Å². The van der Waals surface area contributed by atoms with Gasteiger partial charge in [-0.2, -0.15) is 0 Å². The molecule has 2 amide bonds. The van der Waals surface area contributed by atoms with Gasteiger partial charge in [-0.1, -0.05) is 30.0 Å². The van der Waals surface area contributed by atoms with E-state index in [1.165, 1.54) is 32.9 Å². The second-order valence-electron chi connectivity index (χ2n) is 6.25. The van der Waals surface area contributed by atoms with E-state index >= 15 is 0 Å². The largest absolute Gasteiger partial charge is 0.340 e. The average Bonchev–Trinajstić information content (AvgIpc) is 3.27. The van der Waals surface area contributed by atoms with Crippen LogP contribution in [0.5, 0.6) is 0 Å². The van der Waals surface area contributed by atoms with Crippen molar-refractivity contribution in [2.45, 2.75) is 25.4 Å². The van der Waals surface area contributed by atoms with Gasteiger partial charge in [0.05, 0.1) is 16.4 Å². The molecule has 0 N–H and O–H groups in total. The molecule has 1 aromatic rings. The summed E-state index contributed by atoms with van der Waals surface area (Å²) in [6.45, 7) is 1.63. The fourth-order valence-electron chi connectivity index (χ4n) is 2.98. The van der Waals surface area contributed by atoms with Crippen LogP contribution in [-0.2, 0) is 19.4 Å². The summed E-state index contributed by atoms with van der Waals surface area (Å²) in [5, 5.41) is 1.92. The molecule has 2 saturated heterocycles. The number of carbonyl (C=O) groups is 2. The number of amides is 2. The van der Waals surface area contributed by atoms with Crippen LogP contribution < -0.4 is 0 Å². The number of likely N-dealkylation sites (N-methyl/N-ethyl adjacent to an activating group) is 1. The number of thioether (sulfide) groups is 1. The normalized spacial score (nSPS) is 25.1. The zero-order chi connectivity index (χ0) is 19.1. The van der Waals surface area contributed by atoms with Gasteiger partial charge in [-0.05, 0) is 30.9 Å². The van der Waals surface area contributed by atoms with E-state index in [9.17, 15) is 18.0 Å². The van der Waals surface area contributed by atoms with Gasteiger partial charge in [0.15, 0.2) is 9.84 Å². The van der Waals surface area contributed by atoms with Crippen LogP contribution in [0.3, 0.4) is 0 Å². The predicted octanol–water partition coefficient (Wildman–Crippen LogP) is 1.98. The van der Waals surface area contributed by atoms with Gasteiger partial charge < -0.3 is 4.90 Å². The molecule has 2 aliphatic rings. The number of rotatable bonds is 4. The van der Waals surface area contributed by atoms with Crippen molar-refractivity contribution in [2.24, 2.45) is 0 Å². The van der Waals surface area contributed by atoms with E-state index in [0.29, 0.717) is 15.6 Å². The zero-order valence-electron chi connectivity index (χ0n) is 14.2. The maximum atomic E-state index is 12.8. The summed E-state index contributed by atoms with van der Waals surface area (Å²) < 4.78 is 23.7. The third-order valence-corrected chi connectivity index (χ3v) is 8.39. The van der Waals surface area contributed by atoms with E-state index < -0.39 is 15.9 Å². The summed E-state index contributed by atoms with van der Waals surface area (Å²) in [6, 6.07) is 2.67. The number of thiophene rings is 1. The highest BCUT2D eigenvalue weighted by atomic mass is 32.2. The maximum Gasteiger partial charge on any atom is 0.266 e. The molecule has 3 heterocycles. The monoisotopic (exact) mass is 430 g/mol. The topological polar surface area (TPSA) is 74.8 Å². The molecule has 2 aliphatic heterocycles. The van der Waals surface area contributed by atoms with Crippen molar-refractivity contribution in [1.82, 2.24) is 9.80 Å². The van der Waals surface area contributed by atoms with E-state index in [0.717, 1.165) is 4.88 Å². The van der Waals surface area contributed by atoms with E-state index in [1.807, 2.05) is 17.5 Å². The molecule has 0 aliphatic carbocycles. The zero-order valence-corrected chi connectivity index (χ0v) is 17.5. The van der Waals surface area contributed by atoms with E-state index in [1.54, 1.807) is 20.0 Å². The van der Waals surface area contributed by atoms with Gasteiger partial charge >= 0.3 is 0 Å². The lowest BCUT2D eigenvalue weighted by atomic mass is 10.2. The van der Waals surface area contributed by atoms with Crippen LogP contribution >= 0.6 is 35.3 Å². The van der Waals surface area contributed by atoms with Crippen LogP contribution in [0.15, 0.2) is 22.4 Å². The SMILES string of the molecule is CC(C(=O)N(C)C1CCS(=O)(=O)C1)N1C(=O)/C(=C\c2cccs2)SC1=S. The molecule has 2 atom stereocenters. The highest BCUT2D eigenvalue weighted by Gasteiger charge is 2.41. The van der Waals surface area contributed by atoms with Crippen LogP contribution in [0, 0.1) is 0 Å². The molecular weight excluding hydrogens is 412 g/mol. The smallest absolute Gasteiger partial charge is 0.266 e. The lowest BCUT2D eigenvalue weighted by Crippen LogP contribution is -2.50. The minimum atomic E-state index is -3.09.